The average Bonchev–Trinajstić information content (AvgIpc) is 2.22. The van der Waals surface area contributed by atoms with Crippen LogP contribution in [0.2, 0.25) is 0 Å². The molecular formula is C10H20O7. The second-order valence-corrected chi connectivity index (χ2v) is 4.94. The van der Waals surface area contributed by atoms with Crippen LogP contribution in [0.4, 0.5) is 0 Å². The predicted molar refractivity (Wildman–Crippen MR) is 56.7 cm³/mol. The summed E-state index contributed by atoms with van der Waals surface area (Å²) in [6.07, 6.45) is -10.3. The molecular weight excluding hydrogens is 232 g/mol. The highest BCUT2D eigenvalue weighted by atomic mass is 16.5. The largest absolute Gasteiger partial charge is 0.387 e. The van der Waals surface area contributed by atoms with Crippen LogP contribution < -0.4 is 0 Å². The Balaban J connectivity index is 4.71. The topological polar surface area (TPSA) is 138 Å². The summed E-state index contributed by atoms with van der Waals surface area (Å²) in [7, 11) is 0. The number of aliphatic hydroxyl groups excluding tert-OH is 5. The van der Waals surface area contributed by atoms with E-state index in [0.29, 0.717) is 0 Å². The van der Waals surface area contributed by atoms with Crippen molar-refractivity contribution < 1.29 is 35.4 Å². The van der Waals surface area contributed by atoms with Crippen LogP contribution in [0.1, 0.15) is 20.8 Å². The summed E-state index contributed by atoms with van der Waals surface area (Å²) in [5, 5.41) is 54.5. The van der Waals surface area contributed by atoms with Crippen LogP contribution >= 0.6 is 0 Å². The number of carbonyl (C=O) groups is 1. The van der Waals surface area contributed by atoms with Crippen molar-refractivity contribution in [3.05, 3.63) is 0 Å². The van der Waals surface area contributed by atoms with E-state index in [0.717, 1.165) is 0 Å². The molecule has 0 spiro atoms. The Morgan fingerprint density at radius 3 is 1.53 bits per heavy atom. The van der Waals surface area contributed by atoms with Gasteiger partial charge in [-0.1, -0.05) is 20.8 Å². The van der Waals surface area contributed by atoms with Crippen molar-refractivity contribution in [1.29, 1.82) is 0 Å². The Bertz CT molecular complexity index is 258. The number of ketones is 1. The molecule has 0 aliphatic heterocycles. The Labute approximate surface area is 99.0 Å². The zero-order valence-corrected chi connectivity index (χ0v) is 9.98. The van der Waals surface area contributed by atoms with Crippen LogP contribution in [0, 0.1) is 5.41 Å². The third kappa shape index (κ3) is 4.30. The molecule has 0 aliphatic rings. The van der Waals surface area contributed by atoms with Crippen LogP contribution in [0.5, 0.6) is 0 Å². The predicted octanol–water partition coefficient (Wildman–Crippen LogP) is -2.64. The fourth-order valence-corrected chi connectivity index (χ4v) is 1.16. The molecule has 7 nitrogen and oxygen atoms in total. The van der Waals surface area contributed by atoms with Crippen molar-refractivity contribution in [2.24, 2.45) is 5.41 Å². The van der Waals surface area contributed by atoms with Gasteiger partial charge in [0, 0.05) is 5.41 Å². The molecule has 0 aromatic carbocycles. The molecule has 7 heteroatoms. The smallest absolute Gasteiger partial charge is 0.180 e. The Hall–Kier alpha value is -0.570. The van der Waals surface area contributed by atoms with Crippen molar-refractivity contribution >= 4 is 5.78 Å². The van der Waals surface area contributed by atoms with E-state index in [-0.39, 0.29) is 0 Å². The standard InChI is InChI=1S/C10H20O7/c1-10(2,3)8(15)6(13)4(11)5(12)7(14)9(16)17/h4-7,9,11-14,16-17H,1-3H3. The molecule has 0 fully saturated rings. The van der Waals surface area contributed by atoms with Gasteiger partial charge in [-0.25, -0.2) is 0 Å². The van der Waals surface area contributed by atoms with Gasteiger partial charge in [-0.05, 0) is 0 Å². The SMILES string of the molecule is CC(C)(C)C(=O)C(O)C(O)C(O)C(O)C(O)O. The lowest BCUT2D eigenvalue weighted by Crippen LogP contribution is -2.52. The minimum absolute atomic E-state index is 0.733. The molecule has 102 valence electrons. The third-order valence-corrected chi connectivity index (χ3v) is 2.34. The lowest BCUT2D eigenvalue weighted by molar-refractivity contribution is -0.191. The maximum absolute atomic E-state index is 11.6. The fraction of sp³-hybridized carbons (Fsp3) is 0.900. The molecule has 0 rings (SSSR count). The molecule has 0 saturated heterocycles. The van der Waals surface area contributed by atoms with E-state index in [9.17, 15) is 20.1 Å². The average molecular weight is 252 g/mol. The molecule has 6 N–H and O–H groups in total. The maximum atomic E-state index is 11.6. The van der Waals surface area contributed by atoms with Gasteiger partial charge in [0.25, 0.3) is 0 Å². The van der Waals surface area contributed by atoms with E-state index in [4.69, 9.17) is 15.3 Å². The molecule has 0 heterocycles. The third-order valence-electron chi connectivity index (χ3n) is 2.34. The molecule has 0 saturated carbocycles. The normalized spacial score (nSPS) is 19.9. The van der Waals surface area contributed by atoms with Crippen molar-refractivity contribution in [2.45, 2.75) is 51.5 Å². The van der Waals surface area contributed by atoms with Crippen molar-refractivity contribution in [3.8, 4) is 0 Å². The lowest BCUT2D eigenvalue weighted by atomic mass is 9.84. The van der Waals surface area contributed by atoms with E-state index in [1.54, 1.807) is 0 Å². The quantitative estimate of drug-likeness (QED) is 0.294. The van der Waals surface area contributed by atoms with Gasteiger partial charge in [-0.3, -0.25) is 4.79 Å². The first-order valence-corrected chi connectivity index (χ1v) is 5.13. The summed E-state index contributed by atoms with van der Waals surface area (Å²) in [4.78, 5) is 11.6. The number of aliphatic hydroxyl groups is 6. The van der Waals surface area contributed by atoms with Crippen molar-refractivity contribution in [1.82, 2.24) is 0 Å². The highest BCUT2D eigenvalue weighted by Crippen LogP contribution is 2.20. The Kier molecular flexibility index (Phi) is 5.66. The van der Waals surface area contributed by atoms with Gasteiger partial charge in [0.2, 0.25) is 0 Å². The summed E-state index contributed by atoms with van der Waals surface area (Å²) >= 11 is 0. The summed E-state index contributed by atoms with van der Waals surface area (Å²) in [6, 6.07) is 0. The number of hydrogen-bond donors (Lipinski definition) is 6. The Morgan fingerprint density at radius 2 is 1.24 bits per heavy atom. The first-order chi connectivity index (χ1) is 7.50. The van der Waals surface area contributed by atoms with Gasteiger partial charge in [-0.2, -0.15) is 0 Å². The number of hydrogen-bond acceptors (Lipinski definition) is 7. The summed E-state index contributed by atoms with van der Waals surface area (Å²) < 4.78 is 0. The highest BCUT2D eigenvalue weighted by molar-refractivity contribution is 5.88. The van der Waals surface area contributed by atoms with Gasteiger partial charge in [0.05, 0.1) is 0 Å². The van der Waals surface area contributed by atoms with Crippen LogP contribution in [0.25, 0.3) is 0 Å². The van der Waals surface area contributed by atoms with Crippen molar-refractivity contribution in [2.75, 3.05) is 0 Å². The van der Waals surface area contributed by atoms with Gasteiger partial charge in [-0.15, -0.1) is 0 Å². The van der Waals surface area contributed by atoms with Gasteiger partial charge >= 0.3 is 0 Å². The van der Waals surface area contributed by atoms with E-state index < -0.39 is 41.9 Å². The fourth-order valence-electron chi connectivity index (χ4n) is 1.16. The van der Waals surface area contributed by atoms with Crippen LogP contribution in [0.15, 0.2) is 0 Å². The van der Waals surface area contributed by atoms with E-state index in [2.05, 4.69) is 0 Å². The molecule has 0 aromatic heterocycles. The monoisotopic (exact) mass is 252 g/mol. The molecule has 0 radical (unpaired) electrons. The zero-order valence-electron chi connectivity index (χ0n) is 9.98. The molecule has 4 unspecified atom stereocenters. The second-order valence-electron chi connectivity index (χ2n) is 4.94. The van der Waals surface area contributed by atoms with E-state index >= 15 is 0 Å². The van der Waals surface area contributed by atoms with Gasteiger partial charge in [0.15, 0.2) is 12.1 Å². The highest BCUT2D eigenvalue weighted by Gasteiger charge is 2.39. The first-order valence-electron chi connectivity index (χ1n) is 5.13. The molecule has 0 bridgehead atoms. The minimum atomic E-state index is -2.28. The van der Waals surface area contributed by atoms with Gasteiger partial charge < -0.3 is 30.6 Å². The summed E-state index contributed by atoms with van der Waals surface area (Å²) in [6.45, 7) is 4.53. The van der Waals surface area contributed by atoms with E-state index in [1.165, 1.54) is 20.8 Å². The minimum Gasteiger partial charge on any atom is -0.387 e. The van der Waals surface area contributed by atoms with Gasteiger partial charge in [0.1, 0.15) is 24.4 Å². The molecule has 4 atom stereocenters. The molecule has 0 aliphatic carbocycles. The lowest BCUT2D eigenvalue weighted by Gasteiger charge is -2.29. The second kappa shape index (κ2) is 5.85. The number of carbonyl (C=O) groups excluding carboxylic acids is 1. The number of Topliss-reactive ketones (excluding diaryl/α,β-unsaturated/α-hetero) is 1. The summed E-state index contributed by atoms with van der Waals surface area (Å²) in [5.74, 6) is -0.733. The molecule has 0 aromatic rings. The van der Waals surface area contributed by atoms with Crippen LogP contribution in [-0.2, 0) is 4.79 Å². The van der Waals surface area contributed by atoms with Crippen LogP contribution in [-0.4, -0.2) is 67.1 Å². The number of rotatable bonds is 5. The van der Waals surface area contributed by atoms with Crippen molar-refractivity contribution in [3.63, 3.8) is 0 Å². The summed E-state index contributed by atoms with van der Waals surface area (Å²) in [5.41, 5.74) is -0.942. The zero-order chi connectivity index (χ0) is 14.0. The maximum Gasteiger partial charge on any atom is 0.180 e. The first kappa shape index (κ1) is 16.4. The Morgan fingerprint density at radius 1 is 0.824 bits per heavy atom. The molecule has 0 amide bonds. The molecule has 17 heavy (non-hydrogen) atoms. The van der Waals surface area contributed by atoms with E-state index in [1.807, 2.05) is 0 Å². The van der Waals surface area contributed by atoms with Crippen LogP contribution in [0.3, 0.4) is 0 Å².